The van der Waals surface area contributed by atoms with Crippen molar-refractivity contribution < 1.29 is 18.3 Å². The Morgan fingerprint density at radius 1 is 1.07 bits per heavy atom. The molecule has 28 heavy (non-hydrogen) atoms. The molecule has 0 bridgehead atoms. The predicted molar refractivity (Wildman–Crippen MR) is 106 cm³/mol. The van der Waals surface area contributed by atoms with E-state index in [4.69, 9.17) is 13.8 Å². The molecular formula is C17H29N4O6P. The van der Waals surface area contributed by atoms with Gasteiger partial charge in [0.2, 0.25) is 0 Å². The number of rotatable bonds is 12. The molecule has 0 unspecified atom stereocenters. The van der Waals surface area contributed by atoms with Crippen LogP contribution in [0.5, 0.6) is 0 Å². The van der Waals surface area contributed by atoms with Crippen LogP contribution in [0.4, 0.5) is 0 Å². The lowest BCUT2D eigenvalue weighted by Gasteiger charge is -2.16. The average molecular weight is 416 g/mol. The third-order valence-corrected chi connectivity index (χ3v) is 6.43. The molecule has 0 N–H and O–H groups in total. The van der Waals surface area contributed by atoms with E-state index in [1.54, 1.807) is 38.7 Å². The quantitative estimate of drug-likeness (QED) is 0.384. The molecule has 0 amide bonds. The SMILES string of the molecule is CCOCn1c(=O)c2c(ncn2CCCCP(=O)(OCC)OCC)n(C)c1=O. The fourth-order valence-electron chi connectivity index (χ4n) is 2.94. The molecule has 0 aliphatic heterocycles. The summed E-state index contributed by atoms with van der Waals surface area (Å²) in [5, 5.41) is 0. The molecule has 0 atom stereocenters. The Morgan fingerprint density at radius 3 is 2.36 bits per heavy atom. The maximum absolute atomic E-state index is 12.8. The smallest absolute Gasteiger partial charge is 0.334 e. The molecule has 158 valence electrons. The number of aromatic nitrogens is 4. The molecule has 0 aromatic carbocycles. The van der Waals surface area contributed by atoms with E-state index >= 15 is 0 Å². The number of unbranched alkanes of at least 4 members (excludes halogenated alkanes) is 1. The third-order valence-electron chi connectivity index (χ3n) is 4.26. The largest absolute Gasteiger partial charge is 0.361 e. The van der Waals surface area contributed by atoms with E-state index in [0.717, 1.165) is 4.57 Å². The lowest BCUT2D eigenvalue weighted by atomic mass is 10.3. The van der Waals surface area contributed by atoms with Gasteiger partial charge in [0.15, 0.2) is 11.2 Å². The molecule has 0 aliphatic rings. The lowest BCUT2D eigenvalue weighted by molar-refractivity contribution is 0.0817. The van der Waals surface area contributed by atoms with Gasteiger partial charge in [0.05, 0.1) is 25.7 Å². The van der Waals surface area contributed by atoms with Crippen LogP contribution in [-0.2, 0) is 38.7 Å². The minimum Gasteiger partial charge on any atom is -0.361 e. The molecule has 0 spiro atoms. The normalized spacial score (nSPS) is 12.1. The van der Waals surface area contributed by atoms with Crippen molar-refractivity contribution in [1.82, 2.24) is 18.7 Å². The first-order valence-corrected chi connectivity index (χ1v) is 11.2. The zero-order chi connectivity index (χ0) is 20.7. The van der Waals surface area contributed by atoms with Crippen molar-refractivity contribution in [2.75, 3.05) is 26.0 Å². The first kappa shape index (κ1) is 22.5. The number of nitrogens with zero attached hydrogens (tertiary/aromatic N) is 4. The zero-order valence-corrected chi connectivity index (χ0v) is 17.8. The molecule has 2 aromatic heterocycles. The number of fused-ring (bicyclic) bond motifs is 1. The predicted octanol–water partition coefficient (Wildman–Crippen LogP) is 1.94. The van der Waals surface area contributed by atoms with Crippen LogP contribution in [0.3, 0.4) is 0 Å². The number of hydrogen-bond donors (Lipinski definition) is 0. The van der Waals surface area contributed by atoms with E-state index < -0.39 is 18.8 Å². The second kappa shape index (κ2) is 10.2. The fourth-order valence-corrected chi connectivity index (χ4v) is 4.67. The molecular weight excluding hydrogens is 387 g/mol. The summed E-state index contributed by atoms with van der Waals surface area (Å²) in [4.78, 5) is 29.3. The van der Waals surface area contributed by atoms with E-state index in [1.165, 1.54) is 4.57 Å². The lowest BCUT2D eigenvalue weighted by Crippen LogP contribution is -2.40. The topological polar surface area (TPSA) is 107 Å². The van der Waals surface area contributed by atoms with Crippen molar-refractivity contribution in [3.05, 3.63) is 27.2 Å². The molecule has 0 saturated carbocycles. The number of ether oxygens (including phenoxy) is 1. The molecule has 10 nitrogen and oxygen atoms in total. The van der Waals surface area contributed by atoms with Crippen LogP contribution in [0.25, 0.3) is 11.2 Å². The second-order valence-electron chi connectivity index (χ2n) is 6.18. The Kier molecular flexibility index (Phi) is 8.18. The van der Waals surface area contributed by atoms with Crippen LogP contribution in [-0.4, -0.2) is 44.7 Å². The highest BCUT2D eigenvalue weighted by Gasteiger charge is 2.22. The van der Waals surface area contributed by atoms with Gasteiger partial charge in [-0.2, -0.15) is 0 Å². The van der Waals surface area contributed by atoms with Gasteiger partial charge < -0.3 is 18.4 Å². The van der Waals surface area contributed by atoms with Crippen molar-refractivity contribution in [1.29, 1.82) is 0 Å². The van der Waals surface area contributed by atoms with Crippen LogP contribution in [0.2, 0.25) is 0 Å². The molecule has 2 aromatic rings. The van der Waals surface area contributed by atoms with Gasteiger partial charge in [-0.15, -0.1) is 0 Å². The first-order valence-electron chi connectivity index (χ1n) is 9.49. The molecule has 2 rings (SSSR count). The molecule has 0 fully saturated rings. The molecule has 11 heteroatoms. The fraction of sp³-hybridized carbons (Fsp3) is 0.706. The highest BCUT2D eigenvalue weighted by molar-refractivity contribution is 7.53. The summed E-state index contributed by atoms with van der Waals surface area (Å²) in [6, 6.07) is 0. The van der Waals surface area contributed by atoms with Crippen LogP contribution in [0.1, 0.15) is 33.6 Å². The van der Waals surface area contributed by atoms with Crippen molar-refractivity contribution in [2.45, 2.75) is 46.9 Å². The van der Waals surface area contributed by atoms with Crippen molar-refractivity contribution in [2.24, 2.45) is 7.05 Å². The van der Waals surface area contributed by atoms with Crippen LogP contribution in [0, 0.1) is 0 Å². The van der Waals surface area contributed by atoms with Gasteiger partial charge >= 0.3 is 13.3 Å². The van der Waals surface area contributed by atoms with E-state index in [-0.39, 0.29) is 6.73 Å². The van der Waals surface area contributed by atoms with Gasteiger partial charge in [-0.25, -0.2) is 14.3 Å². The highest BCUT2D eigenvalue weighted by atomic mass is 31.2. The Labute approximate surface area is 163 Å². The zero-order valence-electron chi connectivity index (χ0n) is 16.9. The average Bonchev–Trinajstić information content (AvgIpc) is 3.08. The van der Waals surface area contributed by atoms with Crippen molar-refractivity contribution in [3.63, 3.8) is 0 Å². The summed E-state index contributed by atoms with van der Waals surface area (Å²) in [5.74, 6) is 0. The minimum atomic E-state index is -3.07. The Bertz CT molecular complexity index is 937. The number of aryl methyl sites for hydroxylation is 2. The van der Waals surface area contributed by atoms with E-state index in [2.05, 4.69) is 4.98 Å². The summed E-state index contributed by atoms with van der Waals surface area (Å²) in [6.07, 6.45) is 3.12. The Hall–Kier alpha value is -1.74. The van der Waals surface area contributed by atoms with Crippen LogP contribution < -0.4 is 11.2 Å². The second-order valence-corrected chi connectivity index (χ2v) is 8.37. The maximum Gasteiger partial charge on any atom is 0.334 e. The minimum absolute atomic E-state index is 0.102. The summed E-state index contributed by atoms with van der Waals surface area (Å²) in [6.45, 7) is 6.80. The van der Waals surface area contributed by atoms with E-state index in [0.29, 0.717) is 56.5 Å². The summed E-state index contributed by atoms with van der Waals surface area (Å²) in [7, 11) is -1.50. The summed E-state index contributed by atoms with van der Waals surface area (Å²) < 4.78 is 32.4. The number of hydrogen-bond acceptors (Lipinski definition) is 7. The van der Waals surface area contributed by atoms with Gasteiger partial charge in [0.25, 0.3) is 5.56 Å². The monoisotopic (exact) mass is 416 g/mol. The van der Waals surface area contributed by atoms with Crippen LogP contribution >= 0.6 is 7.60 Å². The van der Waals surface area contributed by atoms with Crippen molar-refractivity contribution >= 4 is 18.8 Å². The molecule has 0 radical (unpaired) electrons. The molecule has 0 aliphatic carbocycles. The summed E-state index contributed by atoms with van der Waals surface area (Å²) in [5.41, 5.74) is -0.222. The molecule has 0 saturated heterocycles. The Balaban J connectivity index is 2.18. The van der Waals surface area contributed by atoms with Gasteiger partial charge in [-0.1, -0.05) is 0 Å². The number of imidazole rings is 1. The van der Waals surface area contributed by atoms with E-state index in [9.17, 15) is 14.2 Å². The van der Waals surface area contributed by atoms with Gasteiger partial charge in [-0.3, -0.25) is 13.9 Å². The highest BCUT2D eigenvalue weighted by Crippen LogP contribution is 2.48. The third kappa shape index (κ3) is 5.00. The standard InChI is InChI=1S/C17H29N4O6P/c1-5-25-13-21-16(22)14-15(19(4)17(21)23)18-12-20(14)10-8-9-11-28(24,26-6-2)27-7-3/h12H,5-11,13H2,1-4H3. The van der Waals surface area contributed by atoms with Gasteiger partial charge in [-0.05, 0) is 33.6 Å². The summed E-state index contributed by atoms with van der Waals surface area (Å²) >= 11 is 0. The van der Waals surface area contributed by atoms with Gasteiger partial charge in [0, 0.05) is 20.2 Å². The first-order chi connectivity index (χ1) is 13.4. The van der Waals surface area contributed by atoms with E-state index in [1.807, 2.05) is 0 Å². The van der Waals surface area contributed by atoms with Gasteiger partial charge in [0.1, 0.15) is 6.73 Å². The Morgan fingerprint density at radius 2 is 1.75 bits per heavy atom. The van der Waals surface area contributed by atoms with Crippen molar-refractivity contribution in [3.8, 4) is 0 Å². The van der Waals surface area contributed by atoms with Crippen LogP contribution in [0.15, 0.2) is 15.9 Å². The molecule has 2 heterocycles. The maximum atomic E-state index is 12.8.